The third kappa shape index (κ3) is 5.20. The van der Waals surface area contributed by atoms with Gasteiger partial charge in [-0.15, -0.1) is 0 Å². The number of nitro groups is 1. The Kier molecular flexibility index (Phi) is 5.90. The molecule has 1 aliphatic heterocycles. The Bertz CT molecular complexity index is 799. The lowest BCUT2D eigenvalue weighted by molar-refractivity contribution is -0.384. The van der Waals surface area contributed by atoms with Crippen molar-refractivity contribution < 1.29 is 9.72 Å². The highest BCUT2D eigenvalue weighted by atomic mass is 16.6. The molecule has 1 fully saturated rings. The summed E-state index contributed by atoms with van der Waals surface area (Å²) >= 11 is 0. The SMILES string of the molecule is CC1CCN(c2ccc(NC(=O)CNc3cccc([N+](=O)[O-])c3)cc2)CC1. The number of hydrogen-bond donors (Lipinski definition) is 2. The maximum absolute atomic E-state index is 12.1. The molecule has 2 N–H and O–H groups in total. The van der Waals surface area contributed by atoms with Crippen LogP contribution in [-0.2, 0) is 4.79 Å². The minimum absolute atomic E-state index is 0.0110. The maximum atomic E-state index is 12.1. The molecule has 0 spiro atoms. The Morgan fingerprint density at radius 2 is 1.85 bits per heavy atom. The molecule has 2 aromatic rings. The van der Waals surface area contributed by atoms with Crippen molar-refractivity contribution in [2.75, 3.05) is 35.2 Å². The normalized spacial score (nSPS) is 14.6. The first-order valence-electron chi connectivity index (χ1n) is 9.14. The molecule has 1 aliphatic rings. The van der Waals surface area contributed by atoms with Crippen molar-refractivity contribution in [3.8, 4) is 0 Å². The zero-order chi connectivity index (χ0) is 19.2. The van der Waals surface area contributed by atoms with Gasteiger partial charge in [-0.3, -0.25) is 14.9 Å². The van der Waals surface area contributed by atoms with Crippen LogP contribution in [0.4, 0.5) is 22.7 Å². The summed E-state index contributed by atoms with van der Waals surface area (Å²) in [7, 11) is 0. The molecule has 7 heteroatoms. The van der Waals surface area contributed by atoms with E-state index in [1.807, 2.05) is 24.3 Å². The quantitative estimate of drug-likeness (QED) is 0.597. The molecule has 0 aliphatic carbocycles. The number of benzene rings is 2. The summed E-state index contributed by atoms with van der Waals surface area (Å²) in [6.45, 7) is 4.46. The van der Waals surface area contributed by atoms with Crippen LogP contribution in [0.2, 0.25) is 0 Å². The Labute approximate surface area is 158 Å². The van der Waals surface area contributed by atoms with Crippen molar-refractivity contribution in [1.82, 2.24) is 0 Å². The first-order valence-corrected chi connectivity index (χ1v) is 9.14. The molecule has 3 rings (SSSR count). The Morgan fingerprint density at radius 1 is 1.15 bits per heavy atom. The number of carbonyl (C=O) groups excluding carboxylic acids is 1. The molecule has 0 aromatic heterocycles. The Balaban J connectivity index is 1.50. The maximum Gasteiger partial charge on any atom is 0.271 e. The number of rotatable bonds is 6. The van der Waals surface area contributed by atoms with E-state index in [-0.39, 0.29) is 18.1 Å². The first-order chi connectivity index (χ1) is 13.0. The monoisotopic (exact) mass is 368 g/mol. The average Bonchev–Trinajstić information content (AvgIpc) is 2.68. The molecule has 0 saturated carbocycles. The highest BCUT2D eigenvalue weighted by Gasteiger charge is 2.16. The fraction of sp³-hybridized carbons (Fsp3) is 0.350. The lowest BCUT2D eigenvalue weighted by Crippen LogP contribution is -2.32. The molecule has 142 valence electrons. The van der Waals surface area contributed by atoms with Gasteiger partial charge in [0.15, 0.2) is 0 Å². The smallest absolute Gasteiger partial charge is 0.271 e. The third-order valence-corrected chi connectivity index (χ3v) is 4.81. The number of piperidine rings is 1. The van der Waals surface area contributed by atoms with Gasteiger partial charge in [-0.05, 0) is 49.1 Å². The van der Waals surface area contributed by atoms with Crippen LogP contribution < -0.4 is 15.5 Å². The number of nitrogens with one attached hydrogen (secondary N) is 2. The van der Waals surface area contributed by atoms with Crippen LogP contribution in [0.15, 0.2) is 48.5 Å². The molecule has 1 heterocycles. The van der Waals surface area contributed by atoms with Gasteiger partial charge in [0.1, 0.15) is 0 Å². The third-order valence-electron chi connectivity index (χ3n) is 4.81. The van der Waals surface area contributed by atoms with Crippen molar-refractivity contribution in [3.63, 3.8) is 0 Å². The number of carbonyl (C=O) groups is 1. The fourth-order valence-corrected chi connectivity index (χ4v) is 3.14. The van der Waals surface area contributed by atoms with Gasteiger partial charge < -0.3 is 15.5 Å². The molecule has 0 radical (unpaired) electrons. The number of nitrogens with zero attached hydrogens (tertiary/aromatic N) is 2. The van der Waals surface area contributed by atoms with Gasteiger partial charge >= 0.3 is 0 Å². The molecular formula is C20H24N4O3. The summed E-state index contributed by atoms with van der Waals surface area (Å²) in [5, 5.41) is 16.5. The van der Waals surface area contributed by atoms with Gasteiger partial charge in [0, 0.05) is 42.3 Å². The molecule has 7 nitrogen and oxygen atoms in total. The van der Waals surface area contributed by atoms with Gasteiger partial charge in [0.25, 0.3) is 5.69 Å². The van der Waals surface area contributed by atoms with E-state index in [2.05, 4.69) is 22.5 Å². The highest BCUT2D eigenvalue weighted by Crippen LogP contribution is 2.24. The van der Waals surface area contributed by atoms with E-state index in [4.69, 9.17) is 0 Å². The molecule has 1 saturated heterocycles. The second-order valence-corrected chi connectivity index (χ2v) is 6.93. The lowest BCUT2D eigenvalue weighted by atomic mass is 9.99. The second kappa shape index (κ2) is 8.53. The van der Waals surface area contributed by atoms with E-state index in [0.717, 1.165) is 24.7 Å². The van der Waals surface area contributed by atoms with E-state index in [9.17, 15) is 14.9 Å². The Hall–Kier alpha value is -3.09. The van der Waals surface area contributed by atoms with Gasteiger partial charge in [-0.1, -0.05) is 13.0 Å². The van der Waals surface area contributed by atoms with Crippen LogP contribution in [0.5, 0.6) is 0 Å². The topological polar surface area (TPSA) is 87.5 Å². The summed E-state index contributed by atoms with van der Waals surface area (Å²) in [6.07, 6.45) is 2.42. The van der Waals surface area contributed by atoms with Crippen molar-refractivity contribution >= 4 is 28.7 Å². The standard InChI is InChI=1S/C20H24N4O3/c1-15-9-11-23(12-10-15)18-7-5-16(6-8-18)22-20(25)14-21-17-3-2-4-19(13-17)24(26)27/h2-8,13,15,21H,9-12,14H2,1H3,(H,22,25). The second-order valence-electron chi connectivity index (χ2n) is 6.93. The fourth-order valence-electron chi connectivity index (χ4n) is 3.14. The molecule has 0 bridgehead atoms. The first kappa shape index (κ1) is 18.7. The van der Waals surface area contributed by atoms with Crippen molar-refractivity contribution in [1.29, 1.82) is 0 Å². The summed E-state index contributed by atoms with van der Waals surface area (Å²) in [6, 6.07) is 13.9. The predicted molar refractivity (Wildman–Crippen MR) is 107 cm³/mol. The van der Waals surface area contributed by atoms with Crippen molar-refractivity contribution in [2.24, 2.45) is 5.92 Å². The molecular weight excluding hydrogens is 344 g/mol. The summed E-state index contributed by atoms with van der Waals surface area (Å²) in [5.41, 5.74) is 2.43. The van der Waals surface area contributed by atoms with E-state index >= 15 is 0 Å². The van der Waals surface area contributed by atoms with Crippen LogP contribution in [0.25, 0.3) is 0 Å². The highest BCUT2D eigenvalue weighted by molar-refractivity contribution is 5.93. The van der Waals surface area contributed by atoms with Gasteiger partial charge in [0.2, 0.25) is 5.91 Å². The van der Waals surface area contributed by atoms with Crippen LogP contribution in [0.1, 0.15) is 19.8 Å². The Morgan fingerprint density at radius 3 is 2.52 bits per heavy atom. The minimum atomic E-state index is -0.462. The molecule has 0 unspecified atom stereocenters. The van der Waals surface area contributed by atoms with E-state index in [1.54, 1.807) is 12.1 Å². The van der Waals surface area contributed by atoms with Crippen molar-refractivity contribution in [3.05, 3.63) is 58.6 Å². The summed E-state index contributed by atoms with van der Waals surface area (Å²) < 4.78 is 0. The lowest BCUT2D eigenvalue weighted by Gasteiger charge is -2.32. The summed E-state index contributed by atoms with van der Waals surface area (Å²) in [5.74, 6) is 0.583. The average molecular weight is 368 g/mol. The van der Waals surface area contributed by atoms with E-state index < -0.39 is 4.92 Å². The van der Waals surface area contributed by atoms with Crippen LogP contribution in [0, 0.1) is 16.0 Å². The van der Waals surface area contributed by atoms with E-state index in [1.165, 1.54) is 30.7 Å². The predicted octanol–water partition coefficient (Wildman–Crippen LogP) is 3.88. The zero-order valence-corrected chi connectivity index (χ0v) is 15.4. The van der Waals surface area contributed by atoms with Crippen molar-refractivity contribution in [2.45, 2.75) is 19.8 Å². The number of nitro benzene ring substituents is 1. The van der Waals surface area contributed by atoms with Gasteiger partial charge in [0.05, 0.1) is 11.5 Å². The molecule has 0 atom stereocenters. The zero-order valence-electron chi connectivity index (χ0n) is 15.4. The number of non-ortho nitro benzene ring substituents is 1. The largest absolute Gasteiger partial charge is 0.376 e. The van der Waals surface area contributed by atoms with Gasteiger partial charge in [-0.25, -0.2) is 0 Å². The number of hydrogen-bond acceptors (Lipinski definition) is 5. The van der Waals surface area contributed by atoms with Crippen LogP contribution >= 0.6 is 0 Å². The molecule has 27 heavy (non-hydrogen) atoms. The number of amides is 1. The minimum Gasteiger partial charge on any atom is -0.376 e. The number of anilines is 3. The van der Waals surface area contributed by atoms with Crippen LogP contribution in [-0.4, -0.2) is 30.5 Å². The van der Waals surface area contributed by atoms with Crippen LogP contribution in [0.3, 0.4) is 0 Å². The molecule has 2 aromatic carbocycles. The molecule has 1 amide bonds. The van der Waals surface area contributed by atoms with Gasteiger partial charge in [-0.2, -0.15) is 0 Å². The summed E-state index contributed by atoms with van der Waals surface area (Å²) in [4.78, 5) is 24.8. The van der Waals surface area contributed by atoms with E-state index in [0.29, 0.717) is 5.69 Å².